The standard InChI is InChI=1S/C13H17N3O/c14-9-5-4-8-13-15-12(16-17-13)10-11-6-2-1-3-7-11/h1-3,6-7H,4-5,8-10,14H2. The molecule has 0 saturated heterocycles. The molecule has 1 aromatic heterocycles. The van der Waals surface area contributed by atoms with Crippen molar-refractivity contribution in [2.24, 2.45) is 5.73 Å². The Morgan fingerprint density at radius 1 is 1.12 bits per heavy atom. The number of aromatic nitrogens is 2. The molecule has 0 aliphatic heterocycles. The van der Waals surface area contributed by atoms with Crippen LogP contribution in [0.5, 0.6) is 0 Å². The average Bonchev–Trinajstić information content (AvgIpc) is 2.79. The van der Waals surface area contributed by atoms with Crippen molar-refractivity contribution in [2.75, 3.05) is 6.54 Å². The summed E-state index contributed by atoms with van der Waals surface area (Å²) >= 11 is 0. The number of hydrogen-bond acceptors (Lipinski definition) is 4. The smallest absolute Gasteiger partial charge is 0.226 e. The third-order valence-corrected chi connectivity index (χ3v) is 2.56. The SMILES string of the molecule is NCCCCc1nc(Cc2ccccc2)no1. The molecule has 0 amide bonds. The Kier molecular flexibility index (Phi) is 4.27. The maximum atomic E-state index is 5.43. The second-order valence-electron chi connectivity index (χ2n) is 4.01. The molecule has 4 heteroatoms. The lowest BCUT2D eigenvalue weighted by molar-refractivity contribution is 0.370. The van der Waals surface area contributed by atoms with Gasteiger partial charge in [-0.05, 0) is 24.9 Å². The van der Waals surface area contributed by atoms with E-state index in [0.717, 1.165) is 31.5 Å². The molecule has 17 heavy (non-hydrogen) atoms. The van der Waals surface area contributed by atoms with Crippen molar-refractivity contribution in [3.05, 3.63) is 47.6 Å². The summed E-state index contributed by atoms with van der Waals surface area (Å²) in [6.45, 7) is 0.713. The van der Waals surface area contributed by atoms with E-state index in [-0.39, 0.29) is 0 Å². The third-order valence-electron chi connectivity index (χ3n) is 2.56. The predicted molar refractivity (Wildman–Crippen MR) is 65.5 cm³/mol. The zero-order valence-corrected chi connectivity index (χ0v) is 9.80. The lowest BCUT2D eigenvalue weighted by atomic mass is 10.1. The first-order valence-electron chi connectivity index (χ1n) is 5.94. The molecule has 2 aromatic rings. The molecule has 0 aliphatic carbocycles. The fourth-order valence-electron chi connectivity index (χ4n) is 1.66. The lowest BCUT2D eigenvalue weighted by Crippen LogP contribution is -1.99. The molecule has 0 spiro atoms. The van der Waals surface area contributed by atoms with Gasteiger partial charge < -0.3 is 10.3 Å². The molecule has 0 aliphatic rings. The first kappa shape index (κ1) is 11.8. The minimum absolute atomic E-state index is 0.712. The van der Waals surface area contributed by atoms with Crippen LogP contribution in [0.15, 0.2) is 34.9 Å². The van der Waals surface area contributed by atoms with Gasteiger partial charge in [0.1, 0.15) is 0 Å². The number of rotatable bonds is 6. The van der Waals surface area contributed by atoms with Gasteiger partial charge in [0, 0.05) is 12.8 Å². The summed E-state index contributed by atoms with van der Waals surface area (Å²) in [5.74, 6) is 1.46. The molecular formula is C13H17N3O. The first-order chi connectivity index (χ1) is 8.38. The second-order valence-corrected chi connectivity index (χ2v) is 4.01. The van der Waals surface area contributed by atoms with Crippen molar-refractivity contribution in [3.8, 4) is 0 Å². The minimum Gasteiger partial charge on any atom is -0.339 e. The highest BCUT2D eigenvalue weighted by atomic mass is 16.5. The van der Waals surface area contributed by atoms with Crippen molar-refractivity contribution < 1.29 is 4.52 Å². The molecule has 1 aromatic carbocycles. The molecule has 2 rings (SSSR count). The van der Waals surface area contributed by atoms with Crippen LogP contribution in [0.25, 0.3) is 0 Å². The maximum absolute atomic E-state index is 5.43. The maximum Gasteiger partial charge on any atom is 0.226 e. The molecule has 1 heterocycles. The first-order valence-corrected chi connectivity index (χ1v) is 5.94. The summed E-state index contributed by atoms with van der Waals surface area (Å²) in [7, 11) is 0. The van der Waals surface area contributed by atoms with E-state index in [2.05, 4.69) is 22.3 Å². The topological polar surface area (TPSA) is 64.9 Å². The van der Waals surface area contributed by atoms with Crippen LogP contribution in [-0.4, -0.2) is 16.7 Å². The molecule has 2 N–H and O–H groups in total. The van der Waals surface area contributed by atoms with Gasteiger partial charge in [0.25, 0.3) is 0 Å². The number of unbranched alkanes of at least 4 members (excludes halogenated alkanes) is 1. The average molecular weight is 231 g/mol. The molecule has 4 nitrogen and oxygen atoms in total. The van der Waals surface area contributed by atoms with Gasteiger partial charge >= 0.3 is 0 Å². The fourth-order valence-corrected chi connectivity index (χ4v) is 1.66. The number of nitrogens with two attached hydrogens (primary N) is 1. The van der Waals surface area contributed by atoms with Crippen molar-refractivity contribution >= 4 is 0 Å². The van der Waals surface area contributed by atoms with Gasteiger partial charge in [-0.15, -0.1) is 0 Å². The van der Waals surface area contributed by atoms with Crippen molar-refractivity contribution in [3.63, 3.8) is 0 Å². The van der Waals surface area contributed by atoms with Crippen LogP contribution in [0.1, 0.15) is 30.1 Å². The summed E-state index contributed by atoms with van der Waals surface area (Å²) in [4.78, 5) is 4.36. The highest BCUT2D eigenvalue weighted by molar-refractivity contribution is 5.18. The van der Waals surface area contributed by atoms with Gasteiger partial charge in [0.2, 0.25) is 5.89 Å². The largest absolute Gasteiger partial charge is 0.339 e. The van der Waals surface area contributed by atoms with E-state index in [4.69, 9.17) is 10.3 Å². The quantitative estimate of drug-likeness (QED) is 0.772. The van der Waals surface area contributed by atoms with Crippen molar-refractivity contribution in [2.45, 2.75) is 25.7 Å². The highest BCUT2D eigenvalue weighted by Crippen LogP contribution is 2.08. The third kappa shape index (κ3) is 3.67. The zero-order chi connectivity index (χ0) is 11.9. The van der Waals surface area contributed by atoms with Gasteiger partial charge in [-0.25, -0.2) is 0 Å². The van der Waals surface area contributed by atoms with E-state index in [1.54, 1.807) is 0 Å². The molecule has 90 valence electrons. The summed E-state index contributed by atoms with van der Waals surface area (Å²) < 4.78 is 5.18. The van der Waals surface area contributed by atoms with E-state index in [1.807, 2.05) is 18.2 Å². The molecule has 0 unspecified atom stereocenters. The molecule has 0 saturated carbocycles. The molecule has 0 bridgehead atoms. The normalized spacial score (nSPS) is 10.6. The molecule has 0 atom stereocenters. The van der Waals surface area contributed by atoms with Crippen LogP contribution < -0.4 is 5.73 Å². The number of aryl methyl sites for hydroxylation is 1. The van der Waals surface area contributed by atoms with E-state index in [1.165, 1.54) is 5.56 Å². The monoisotopic (exact) mass is 231 g/mol. The summed E-state index contributed by atoms with van der Waals surface area (Å²) in [6, 6.07) is 10.1. The van der Waals surface area contributed by atoms with Gasteiger partial charge in [-0.1, -0.05) is 35.5 Å². The number of benzene rings is 1. The van der Waals surface area contributed by atoms with Gasteiger partial charge in [-0.3, -0.25) is 0 Å². The van der Waals surface area contributed by atoms with Crippen LogP contribution in [-0.2, 0) is 12.8 Å². The summed E-state index contributed by atoms with van der Waals surface area (Å²) in [5.41, 5.74) is 6.63. The fraction of sp³-hybridized carbons (Fsp3) is 0.385. The van der Waals surface area contributed by atoms with E-state index < -0.39 is 0 Å². The van der Waals surface area contributed by atoms with Crippen LogP contribution >= 0.6 is 0 Å². The van der Waals surface area contributed by atoms with Gasteiger partial charge in [0.05, 0.1) is 0 Å². The van der Waals surface area contributed by atoms with Crippen LogP contribution in [0.3, 0.4) is 0 Å². The van der Waals surface area contributed by atoms with E-state index >= 15 is 0 Å². The Hall–Kier alpha value is -1.68. The second kappa shape index (κ2) is 6.15. The van der Waals surface area contributed by atoms with Crippen LogP contribution in [0, 0.1) is 0 Å². The Bertz CT molecular complexity index is 439. The number of hydrogen-bond donors (Lipinski definition) is 1. The predicted octanol–water partition coefficient (Wildman–Crippen LogP) is 1.94. The lowest BCUT2D eigenvalue weighted by Gasteiger charge is -1.94. The summed E-state index contributed by atoms with van der Waals surface area (Å²) in [6.07, 6.45) is 3.54. The van der Waals surface area contributed by atoms with Crippen LogP contribution in [0.2, 0.25) is 0 Å². The van der Waals surface area contributed by atoms with E-state index in [0.29, 0.717) is 12.4 Å². The van der Waals surface area contributed by atoms with Crippen molar-refractivity contribution in [1.82, 2.24) is 10.1 Å². The highest BCUT2D eigenvalue weighted by Gasteiger charge is 2.06. The molecule has 0 radical (unpaired) electrons. The Labute approximate surface area is 101 Å². The Morgan fingerprint density at radius 2 is 1.94 bits per heavy atom. The zero-order valence-electron chi connectivity index (χ0n) is 9.80. The number of nitrogens with zero attached hydrogens (tertiary/aromatic N) is 2. The van der Waals surface area contributed by atoms with Crippen LogP contribution in [0.4, 0.5) is 0 Å². The molecular weight excluding hydrogens is 214 g/mol. The Balaban J connectivity index is 1.90. The molecule has 0 fully saturated rings. The Morgan fingerprint density at radius 3 is 2.71 bits per heavy atom. The van der Waals surface area contributed by atoms with Gasteiger partial charge in [-0.2, -0.15) is 4.98 Å². The van der Waals surface area contributed by atoms with Gasteiger partial charge in [0.15, 0.2) is 5.82 Å². The minimum atomic E-state index is 0.712. The van der Waals surface area contributed by atoms with Crippen molar-refractivity contribution in [1.29, 1.82) is 0 Å². The van der Waals surface area contributed by atoms with E-state index in [9.17, 15) is 0 Å². The summed E-state index contributed by atoms with van der Waals surface area (Å²) in [5, 5.41) is 3.97.